The molecule has 0 radical (unpaired) electrons. The van der Waals surface area contributed by atoms with Gasteiger partial charge in [0.15, 0.2) is 13.2 Å². The number of nitrogens with one attached hydrogen (secondary N) is 4. The summed E-state index contributed by atoms with van der Waals surface area (Å²) in [5.41, 5.74) is 4.28. The topological polar surface area (TPSA) is 296 Å². The van der Waals surface area contributed by atoms with Crippen molar-refractivity contribution in [3.8, 4) is 33.8 Å². The van der Waals surface area contributed by atoms with Gasteiger partial charge in [-0.25, -0.2) is 18.7 Å². The third-order valence-electron chi connectivity index (χ3n) is 16.0. The monoisotopic (exact) mass is 1250 g/mol. The fourth-order valence-corrected chi connectivity index (χ4v) is 11.2. The van der Waals surface area contributed by atoms with E-state index in [1.54, 1.807) is 57.6 Å². The first-order chi connectivity index (χ1) is 44.3. The summed E-state index contributed by atoms with van der Waals surface area (Å²) in [6.07, 6.45) is 6.64. The predicted molar refractivity (Wildman–Crippen MR) is 348 cm³/mol. The molecule has 0 unspecified atom stereocenters. The number of pyridine rings is 2. The van der Waals surface area contributed by atoms with Crippen molar-refractivity contribution in [2.45, 2.75) is 73.4 Å². The second-order valence-corrected chi connectivity index (χ2v) is 21.8. The molecular formula is C69H71N9O14. The summed E-state index contributed by atoms with van der Waals surface area (Å²) in [6.45, 7) is 12.9. The van der Waals surface area contributed by atoms with E-state index in [9.17, 15) is 53.1 Å². The number of benzene rings is 4. The highest BCUT2D eigenvalue weighted by Crippen LogP contribution is 2.37. The molecule has 23 heteroatoms. The van der Waals surface area contributed by atoms with Crippen LogP contribution in [0.3, 0.4) is 0 Å². The number of hydrogen-bond acceptors (Lipinski definition) is 14. The summed E-state index contributed by atoms with van der Waals surface area (Å²) in [7, 11) is 1.15. The van der Waals surface area contributed by atoms with Gasteiger partial charge in [-0.2, -0.15) is 0 Å². The number of amides is 2. The molecule has 0 saturated carbocycles. The van der Waals surface area contributed by atoms with Crippen molar-refractivity contribution in [3.63, 3.8) is 0 Å². The Labute approximate surface area is 526 Å². The van der Waals surface area contributed by atoms with Gasteiger partial charge in [-0.3, -0.25) is 38.4 Å². The van der Waals surface area contributed by atoms with E-state index in [4.69, 9.17) is 9.47 Å². The number of ketones is 2. The van der Waals surface area contributed by atoms with Crippen molar-refractivity contribution in [1.82, 2.24) is 43.4 Å². The Balaban J connectivity index is 0.00000135. The number of hydrogen-bond donors (Lipinski definition) is 5. The molecule has 0 aliphatic heterocycles. The van der Waals surface area contributed by atoms with Crippen molar-refractivity contribution in [3.05, 3.63) is 209 Å². The zero-order chi connectivity index (χ0) is 65.8. The van der Waals surface area contributed by atoms with Crippen LogP contribution in [0.15, 0.2) is 153 Å². The van der Waals surface area contributed by atoms with Gasteiger partial charge >= 0.3 is 23.3 Å². The van der Waals surface area contributed by atoms with Crippen molar-refractivity contribution in [2.75, 3.05) is 53.0 Å². The minimum atomic E-state index is -1.36. The van der Waals surface area contributed by atoms with E-state index in [2.05, 4.69) is 51.0 Å². The molecule has 0 saturated heterocycles. The molecule has 92 heavy (non-hydrogen) atoms. The number of nitrogens with zero attached hydrogens (tertiary/aromatic N) is 5. The standard InChI is InChI=1S/C63H56N8O14.C6H15N/c1-36-54(48-12-6-10-28-68(48)56(36)58(77)40-18-24-46-44(30-40)60(79)70(32-52(74)75)62(81)66-46)38-14-20-42(21-15-38)84-34-50(72)64-26-8-4-5-9-27-65-51(73)35-85-43-22-16-39(17-23-43)55-37(2)57(69-29-11-7-13-49(55)69)59(78)41-19-25-47-45(31-41)61(80)71(63(82)67-47)33-53(76)83-3;1-4-7(5-2)6-3/h6-7,10-25,28-31H,4-5,8-9,26-27,32-35H2,1-3H3,(H,64,72)(H,65,73)(H,66,81)(H,67,82)(H,74,75);4-6H2,1-3H3. The SMILES string of the molecule is CCN(CC)CC.COC(=O)Cn1c(=O)[nH]c2ccc(C(=O)c3c(C)c(-c4ccc(OCC(=O)NCCCCCCNC(=O)COc5ccc(-c6c(C)c(C(=O)c7ccc8[nH]c(=O)n(CC(=O)O)c(=O)c8c7)n7ccccc67)cc5)cc4)c4ccccn34)cc2c1=O. The lowest BCUT2D eigenvalue weighted by Gasteiger charge is -2.13. The zero-order valence-electron chi connectivity index (χ0n) is 51.9. The van der Waals surface area contributed by atoms with Gasteiger partial charge in [0.1, 0.15) is 24.6 Å². The molecule has 6 heterocycles. The number of aromatic amines is 2. The van der Waals surface area contributed by atoms with E-state index in [0.717, 1.165) is 70.6 Å². The lowest BCUT2D eigenvalue weighted by Crippen LogP contribution is -2.37. The summed E-state index contributed by atoms with van der Waals surface area (Å²) < 4.78 is 21.1. The van der Waals surface area contributed by atoms with E-state index >= 15 is 0 Å². The fraction of sp³-hybridized carbons (Fsp3) is 0.275. The second kappa shape index (κ2) is 29.6. The molecule has 0 aliphatic carbocycles. The largest absolute Gasteiger partial charge is 0.484 e. The van der Waals surface area contributed by atoms with Crippen LogP contribution in [0.1, 0.15) is 89.7 Å². The van der Waals surface area contributed by atoms with E-state index < -0.39 is 53.3 Å². The molecule has 0 fully saturated rings. The Morgan fingerprint density at radius 2 is 0.946 bits per heavy atom. The molecule has 0 atom stereocenters. The Morgan fingerprint density at radius 3 is 1.33 bits per heavy atom. The molecule has 10 rings (SSSR count). The number of aromatic nitrogens is 6. The van der Waals surface area contributed by atoms with Crippen molar-refractivity contribution in [1.29, 1.82) is 0 Å². The summed E-state index contributed by atoms with van der Waals surface area (Å²) in [4.78, 5) is 136. The van der Waals surface area contributed by atoms with Crippen LogP contribution in [0.5, 0.6) is 11.5 Å². The quantitative estimate of drug-likeness (QED) is 0.0200. The first-order valence-corrected chi connectivity index (χ1v) is 30.2. The lowest BCUT2D eigenvalue weighted by molar-refractivity contribution is -0.141. The van der Waals surface area contributed by atoms with Crippen LogP contribution in [0.4, 0.5) is 0 Å². The zero-order valence-corrected chi connectivity index (χ0v) is 51.9. The smallest absolute Gasteiger partial charge is 0.329 e. The minimum absolute atomic E-state index is 0.00484. The van der Waals surface area contributed by atoms with Crippen LogP contribution in [-0.4, -0.2) is 126 Å². The third kappa shape index (κ3) is 14.5. The summed E-state index contributed by atoms with van der Waals surface area (Å²) in [5.74, 6) is -2.52. The minimum Gasteiger partial charge on any atom is -0.484 e. The van der Waals surface area contributed by atoms with Gasteiger partial charge in [0.05, 0.1) is 51.3 Å². The Bertz CT molecular complexity index is 4680. The van der Waals surface area contributed by atoms with Crippen molar-refractivity contribution < 1.29 is 48.1 Å². The highest BCUT2D eigenvalue weighted by atomic mass is 16.5. The highest BCUT2D eigenvalue weighted by molar-refractivity contribution is 6.14. The molecule has 23 nitrogen and oxygen atoms in total. The number of carboxylic acid groups (broad SMARTS) is 1. The Morgan fingerprint density at radius 1 is 0.533 bits per heavy atom. The molecule has 0 bridgehead atoms. The number of carbonyl (C=O) groups is 6. The molecule has 0 spiro atoms. The van der Waals surface area contributed by atoms with Crippen molar-refractivity contribution >= 4 is 68.2 Å². The van der Waals surface area contributed by atoms with Crippen LogP contribution in [0.2, 0.25) is 0 Å². The lowest BCUT2D eigenvalue weighted by atomic mass is 9.98. The van der Waals surface area contributed by atoms with E-state index in [-0.39, 0.29) is 63.7 Å². The number of aliphatic carboxylic acids is 1. The first-order valence-electron chi connectivity index (χ1n) is 30.2. The molecule has 5 N–H and O–H groups in total. The van der Waals surface area contributed by atoms with Crippen LogP contribution < -0.4 is 42.6 Å². The number of H-pyrrole nitrogens is 2. The Hall–Kier alpha value is -10.9. The summed E-state index contributed by atoms with van der Waals surface area (Å²) >= 11 is 0. The summed E-state index contributed by atoms with van der Waals surface area (Å²) in [5, 5.41) is 15.0. The van der Waals surface area contributed by atoms with Crippen molar-refractivity contribution in [2.24, 2.45) is 0 Å². The van der Waals surface area contributed by atoms with Gasteiger partial charge in [-0.1, -0.05) is 70.0 Å². The van der Waals surface area contributed by atoms with E-state index in [1.165, 1.54) is 56.0 Å². The first kappa shape index (κ1) is 65.5. The number of carbonyl (C=O) groups excluding carboxylic acids is 5. The third-order valence-corrected chi connectivity index (χ3v) is 16.0. The van der Waals surface area contributed by atoms with Gasteiger partial charge in [0, 0.05) is 47.7 Å². The number of carboxylic acids is 1. The molecule has 2 amide bonds. The highest BCUT2D eigenvalue weighted by Gasteiger charge is 2.26. The second-order valence-electron chi connectivity index (χ2n) is 21.8. The number of esters is 1. The van der Waals surface area contributed by atoms with Crippen LogP contribution >= 0.6 is 0 Å². The maximum absolute atomic E-state index is 14.3. The maximum Gasteiger partial charge on any atom is 0.329 e. The predicted octanol–water partition coefficient (Wildman–Crippen LogP) is 7.47. The number of unbranched alkanes of at least 4 members (excludes halogenated alkanes) is 3. The van der Waals surface area contributed by atoms with E-state index in [0.29, 0.717) is 51.7 Å². The average Bonchev–Trinajstić information content (AvgIpc) is 1.57. The normalized spacial score (nSPS) is 11.2. The number of ether oxygens (including phenoxy) is 3. The molecule has 6 aromatic heterocycles. The van der Waals surface area contributed by atoms with Gasteiger partial charge in [0.2, 0.25) is 11.6 Å². The molecule has 0 aliphatic rings. The van der Waals surface area contributed by atoms with Crippen LogP contribution in [0, 0.1) is 13.8 Å². The van der Waals surface area contributed by atoms with Gasteiger partial charge in [-0.05, 0) is 154 Å². The van der Waals surface area contributed by atoms with Gasteiger partial charge in [0.25, 0.3) is 22.9 Å². The van der Waals surface area contributed by atoms with E-state index in [1.807, 2.05) is 62.4 Å². The van der Waals surface area contributed by atoms with Gasteiger partial charge < -0.3 is 53.6 Å². The molecule has 476 valence electrons. The van der Waals surface area contributed by atoms with Gasteiger partial charge in [-0.15, -0.1) is 0 Å². The number of methoxy groups -OCH3 is 1. The molecule has 10 aromatic rings. The molecular weight excluding hydrogens is 1180 g/mol. The fourth-order valence-electron chi connectivity index (χ4n) is 11.2. The number of fused-ring (bicyclic) bond motifs is 4. The average molecular weight is 1250 g/mol. The molecule has 4 aromatic carbocycles. The van der Waals surface area contributed by atoms with Crippen LogP contribution in [0.25, 0.3) is 55.1 Å². The maximum atomic E-state index is 14.3. The number of rotatable bonds is 26. The summed E-state index contributed by atoms with van der Waals surface area (Å²) in [6, 6.07) is 34.2. The van der Waals surface area contributed by atoms with Crippen LogP contribution in [-0.2, 0) is 37.0 Å². The Kier molecular flexibility index (Phi) is 21.1.